The van der Waals surface area contributed by atoms with Crippen LogP contribution in [0, 0.1) is 6.92 Å². The summed E-state index contributed by atoms with van der Waals surface area (Å²) in [5.74, 6) is -0.327. The maximum Gasteiger partial charge on any atom is 0.257 e. The summed E-state index contributed by atoms with van der Waals surface area (Å²) in [5, 5.41) is 6.87. The molecule has 2 heterocycles. The highest BCUT2D eigenvalue weighted by Gasteiger charge is 2.40. The first-order valence-corrected chi connectivity index (χ1v) is 7.10. The van der Waals surface area contributed by atoms with Crippen LogP contribution in [0.3, 0.4) is 0 Å². The number of hydrogen-bond acceptors (Lipinski definition) is 4. The molecule has 1 fully saturated rings. The summed E-state index contributed by atoms with van der Waals surface area (Å²) in [6, 6.07) is 0. The van der Waals surface area contributed by atoms with Gasteiger partial charge in [-0.3, -0.25) is 14.3 Å². The third-order valence-corrected chi connectivity index (χ3v) is 3.77. The number of aryl methyl sites for hydroxylation is 2. The van der Waals surface area contributed by atoms with Crippen molar-refractivity contribution in [2.75, 3.05) is 26.7 Å². The van der Waals surface area contributed by atoms with E-state index in [2.05, 4.69) is 10.4 Å². The van der Waals surface area contributed by atoms with Crippen LogP contribution >= 0.6 is 0 Å². The highest BCUT2D eigenvalue weighted by atomic mass is 16.5. The van der Waals surface area contributed by atoms with Crippen LogP contribution in [0.4, 0.5) is 0 Å². The van der Waals surface area contributed by atoms with Crippen LogP contribution in [-0.4, -0.2) is 58.8 Å². The summed E-state index contributed by atoms with van der Waals surface area (Å²) >= 11 is 0. The molecule has 1 aromatic heterocycles. The second-order valence-electron chi connectivity index (χ2n) is 5.37. The van der Waals surface area contributed by atoms with Gasteiger partial charge in [0, 0.05) is 26.3 Å². The van der Waals surface area contributed by atoms with Gasteiger partial charge in [-0.15, -0.1) is 0 Å². The molecule has 2 amide bonds. The number of aromatic nitrogens is 2. The lowest BCUT2D eigenvalue weighted by Gasteiger charge is -2.38. The fourth-order valence-corrected chi connectivity index (χ4v) is 2.51. The number of hydrogen-bond donors (Lipinski definition) is 1. The SMILES string of the molecule is CCn1cc(C(=O)N2CCO[C@@](C)(C(=O)NC)C2)c(C)n1. The minimum Gasteiger partial charge on any atom is -0.362 e. The van der Waals surface area contributed by atoms with Gasteiger partial charge in [0.15, 0.2) is 5.60 Å². The number of ether oxygens (including phenoxy) is 1. The number of carbonyl (C=O) groups is 2. The van der Waals surface area contributed by atoms with E-state index in [0.29, 0.717) is 31.0 Å². The van der Waals surface area contributed by atoms with Gasteiger partial charge in [-0.25, -0.2) is 0 Å². The van der Waals surface area contributed by atoms with Crippen molar-refractivity contribution in [1.29, 1.82) is 0 Å². The van der Waals surface area contributed by atoms with Crippen molar-refractivity contribution in [3.8, 4) is 0 Å². The van der Waals surface area contributed by atoms with E-state index in [-0.39, 0.29) is 18.4 Å². The lowest BCUT2D eigenvalue weighted by Crippen LogP contribution is -2.58. The van der Waals surface area contributed by atoms with Gasteiger partial charge in [0.2, 0.25) is 0 Å². The first-order chi connectivity index (χ1) is 9.91. The van der Waals surface area contributed by atoms with Crippen LogP contribution in [0.5, 0.6) is 0 Å². The van der Waals surface area contributed by atoms with Gasteiger partial charge in [-0.2, -0.15) is 5.10 Å². The highest BCUT2D eigenvalue weighted by molar-refractivity contribution is 5.96. The molecule has 1 aliphatic rings. The topological polar surface area (TPSA) is 76.5 Å². The van der Waals surface area contributed by atoms with E-state index in [0.717, 1.165) is 0 Å². The molecule has 1 atom stereocenters. The Hall–Kier alpha value is -1.89. The van der Waals surface area contributed by atoms with E-state index >= 15 is 0 Å². The summed E-state index contributed by atoms with van der Waals surface area (Å²) in [5.41, 5.74) is 0.283. The van der Waals surface area contributed by atoms with E-state index in [9.17, 15) is 9.59 Å². The zero-order chi connectivity index (χ0) is 15.6. The third-order valence-electron chi connectivity index (χ3n) is 3.77. The zero-order valence-electron chi connectivity index (χ0n) is 13.0. The zero-order valence-corrected chi connectivity index (χ0v) is 13.0. The first-order valence-electron chi connectivity index (χ1n) is 7.10. The summed E-state index contributed by atoms with van der Waals surface area (Å²) in [4.78, 5) is 26.2. The van der Waals surface area contributed by atoms with Crippen molar-refractivity contribution in [2.45, 2.75) is 32.9 Å². The summed E-state index contributed by atoms with van der Waals surface area (Å²) in [6.45, 7) is 7.26. The lowest BCUT2D eigenvalue weighted by molar-refractivity contribution is -0.153. The third kappa shape index (κ3) is 2.92. The number of nitrogens with zero attached hydrogens (tertiary/aromatic N) is 3. The van der Waals surface area contributed by atoms with Crippen molar-refractivity contribution < 1.29 is 14.3 Å². The molecule has 0 spiro atoms. The molecular formula is C14H22N4O3. The number of amides is 2. The Balaban J connectivity index is 2.19. The molecule has 1 aliphatic heterocycles. The quantitative estimate of drug-likeness (QED) is 0.863. The Labute approximate surface area is 124 Å². The molecule has 7 heteroatoms. The average molecular weight is 294 g/mol. The fraction of sp³-hybridized carbons (Fsp3) is 0.643. The van der Waals surface area contributed by atoms with Gasteiger partial charge in [0.05, 0.1) is 24.4 Å². The minimum absolute atomic E-state index is 0.106. The molecule has 0 saturated carbocycles. The predicted molar refractivity (Wildman–Crippen MR) is 77.0 cm³/mol. The van der Waals surface area contributed by atoms with Gasteiger partial charge in [-0.05, 0) is 20.8 Å². The molecule has 1 N–H and O–H groups in total. The molecule has 0 radical (unpaired) electrons. The van der Waals surface area contributed by atoms with E-state index < -0.39 is 5.60 Å². The molecule has 0 bridgehead atoms. The Morgan fingerprint density at radius 3 is 2.81 bits per heavy atom. The van der Waals surface area contributed by atoms with Crippen LogP contribution in [0.2, 0.25) is 0 Å². The molecule has 21 heavy (non-hydrogen) atoms. The highest BCUT2D eigenvalue weighted by Crippen LogP contribution is 2.20. The number of rotatable bonds is 3. The number of morpholine rings is 1. The second kappa shape index (κ2) is 5.85. The van der Waals surface area contributed by atoms with Crippen molar-refractivity contribution in [2.24, 2.45) is 0 Å². The minimum atomic E-state index is -1.00. The average Bonchev–Trinajstić information content (AvgIpc) is 2.86. The van der Waals surface area contributed by atoms with Crippen LogP contribution in [-0.2, 0) is 16.1 Å². The van der Waals surface area contributed by atoms with Gasteiger partial charge in [-0.1, -0.05) is 0 Å². The number of carbonyl (C=O) groups excluding carboxylic acids is 2. The Bertz CT molecular complexity index is 554. The maximum atomic E-state index is 12.6. The standard InChI is InChI=1S/C14H22N4O3/c1-5-18-8-11(10(2)16-18)12(19)17-6-7-21-14(3,9-17)13(20)15-4/h8H,5-7,9H2,1-4H3,(H,15,20)/t14-/m1/s1. The molecule has 0 unspecified atom stereocenters. The van der Waals surface area contributed by atoms with Gasteiger partial charge in [0.25, 0.3) is 11.8 Å². The molecule has 0 aliphatic carbocycles. The van der Waals surface area contributed by atoms with E-state index in [1.807, 2.05) is 13.8 Å². The number of likely N-dealkylation sites (N-methyl/N-ethyl adjacent to an activating group) is 1. The van der Waals surface area contributed by atoms with Crippen molar-refractivity contribution in [3.05, 3.63) is 17.5 Å². The van der Waals surface area contributed by atoms with Gasteiger partial charge < -0.3 is 15.0 Å². The monoisotopic (exact) mass is 294 g/mol. The predicted octanol–water partition coefficient (Wildman–Crippen LogP) is 0.189. The van der Waals surface area contributed by atoms with E-state index in [4.69, 9.17) is 4.74 Å². The summed E-state index contributed by atoms with van der Waals surface area (Å²) < 4.78 is 7.30. The maximum absolute atomic E-state index is 12.6. The molecule has 7 nitrogen and oxygen atoms in total. The van der Waals surface area contributed by atoms with Gasteiger partial charge in [0.1, 0.15) is 0 Å². The molecular weight excluding hydrogens is 272 g/mol. The molecule has 2 rings (SSSR count). The Morgan fingerprint density at radius 2 is 2.24 bits per heavy atom. The molecule has 116 valence electrons. The Kier molecular flexibility index (Phi) is 4.32. The van der Waals surface area contributed by atoms with Crippen LogP contribution < -0.4 is 5.32 Å². The summed E-state index contributed by atoms with van der Waals surface area (Å²) in [7, 11) is 1.56. The van der Waals surface area contributed by atoms with Crippen LogP contribution in [0.1, 0.15) is 29.9 Å². The largest absolute Gasteiger partial charge is 0.362 e. The van der Waals surface area contributed by atoms with Crippen molar-refractivity contribution >= 4 is 11.8 Å². The van der Waals surface area contributed by atoms with E-state index in [1.165, 1.54) is 0 Å². The molecule has 1 aromatic rings. The fourth-order valence-electron chi connectivity index (χ4n) is 2.51. The van der Waals surface area contributed by atoms with Crippen LogP contribution in [0.25, 0.3) is 0 Å². The molecule has 0 aromatic carbocycles. The van der Waals surface area contributed by atoms with Crippen molar-refractivity contribution in [1.82, 2.24) is 20.0 Å². The second-order valence-corrected chi connectivity index (χ2v) is 5.37. The number of nitrogens with one attached hydrogen (secondary N) is 1. The summed E-state index contributed by atoms with van der Waals surface area (Å²) in [6.07, 6.45) is 1.75. The smallest absolute Gasteiger partial charge is 0.257 e. The van der Waals surface area contributed by atoms with E-state index in [1.54, 1.807) is 29.7 Å². The van der Waals surface area contributed by atoms with Gasteiger partial charge >= 0.3 is 0 Å². The lowest BCUT2D eigenvalue weighted by atomic mass is 10.0. The Morgan fingerprint density at radius 1 is 1.52 bits per heavy atom. The normalized spacial score (nSPS) is 22.2. The van der Waals surface area contributed by atoms with Crippen LogP contribution in [0.15, 0.2) is 6.20 Å². The first kappa shape index (κ1) is 15.5. The van der Waals surface area contributed by atoms with Crippen molar-refractivity contribution in [3.63, 3.8) is 0 Å². The molecule has 1 saturated heterocycles.